The van der Waals surface area contributed by atoms with E-state index in [4.69, 9.17) is 9.84 Å². The van der Waals surface area contributed by atoms with Crippen LogP contribution in [0.4, 0.5) is 0 Å². The zero-order chi connectivity index (χ0) is 12.7. The highest BCUT2D eigenvalue weighted by atomic mass is 16.5. The van der Waals surface area contributed by atoms with Crippen LogP contribution in [0.3, 0.4) is 0 Å². The highest BCUT2D eigenvalue weighted by molar-refractivity contribution is 5.69. The van der Waals surface area contributed by atoms with Gasteiger partial charge in [0.2, 0.25) is 0 Å². The molecule has 0 spiro atoms. The first-order valence-corrected chi connectivity index (χ1v) is 5.91. The van der Waals surface area contributed by atoms with Gasteiger partial charge in [-0.1, -0.05) is 0 Å². The van der Waals surface area contributed by atoms with E-state index in [0.29, 0.717) is 39.1 Å². The molecular weight excluding hydrogens is 224 g/mol. The molecule has 0 aromatic rings. The lowest BCUT2D eigenvalue weighted by molar-refractivity contribution is -0.143. The van der Waals surface area contributed by atoms with Crippen LogP contribution in [-0.4, -0.2) is 48.8 Å². The smallest absolute Gasteiger partial charge is 0.305 e. The molecule has 0 aromatic heterocycles. The van der Waals surface area contributed by atoms with E-state index in [1.54, 1.807) is 6.92 Å². The van der Waals surface area contributed by atoms with Crippen molar-refractivity contribution in [3.8, 4) is 0 Å². The average Bonchev–Trinajstić information content (AvgIpc) is 2.20. The summed E-state index contributed by atoms with van der Waals surface area (Å²) in [6.07, 6.45) is 1.15. The van der Waals surface area contributed by atoms with Gasteiger partial charge in [-0.05, 0) is 19.9 Å². The Bertz CT molecular complexity index is 277. The number of rotatable bonds is 8. The number of nitrogens with one attached hydrogen (secondary N) is 2. The molecule has 17 heavy (non-hydrogen) atoms. The Kier molecular flexibility index (Phi) is 5.37. The number of carbonyl (C=O) groups excluding carboxylic acids is 1. The number of carboxylic acid groups (broad SMARTS) is 1. The fourth-order valence-corrected chi connectivity index (χ4v) is 1.85. The van der Waals surface area contributed by atoms with Crippen molar-refractivity contribution in [2.75, 3.05) is 26.2 Å². The van der Waals surface area contributed by atoms with E-state index < -0.39 is 5.97 Å². The van der Waals surface area contributed by atoms with Crippen molar-refractivity contribution in [2.45, 2.75) is 31.7 Å². The molecule has 0 saturated carbocycles. The summed E-state index contributed by atoms with van der Waals surface area (Å²) in [5.74, 6) is -1.00. The van der Waals surface area contributed by atoms with Crippen LogP contribution in [-0.2, 0) is 14.3 Å². The normalized spacial score (nSPS) is 17.2. The number of aliphatic carboxylic acids is 1. The van der Waals surface area contributed by atoms with Gasteiger partial charge in [-0.25, -0.2) is 0 Å². The van der Waals surface area contributed by atoms with Gasteiger partial charge in [-0.15, -0.1) is 0 Å². The van der Waals surface area contributed by atoms with Gasteiger partial charge in [0.1, 0.15) is 0 Å². The van der Waals surface area contributed by atoms with Crippen molar-refractivity contribution < 1.29 is 19.4 Å². The average molecular weight is 244 g/mol. The predicted molar refractivity (Wildman–Crippen MR) is 61.7 cm³/mol. The molecule has 0 amide bonds. The molecule has 6 heteroatoms. The summed E-state index contributed by atoms with van der Waals surface area (Å²) in [5.41, 5.74) is -0.333. The standard InChI is InChI=1S/C11H20N2O4/c1-2-17-10(16)4-3-5-13-11(6-9(14)15)7-12-8-11/h12-13H,2-8H2,1H3,(H,14,15). The Labute approximate surface area is 101 Å². The molecule has 0 aliphatic carbocycles. The number of ether oxygens (including phenoxy) is 1. The zero-order valence-corrected chi connectivity index (χ0v) is 10.1. The molecule has 0 radical (unpaired) electrons. The Morgan fingerprint density at radius 1 is 1.47 bits per heavy atom. The minimum Gasteiger partial charge on any atom is -0.481 e. The minimum absolute atomic E-state index is 0.111. The van der Waals surface area contributed by atoms with Crippen LogP contribution in [0.15, 0.2) is 0 Å². The maximum absolute atomic E-state index is 11.1. The zero-order valence-electron chi connectivity index (χ0n) is 10.1. The van der Waals surface area contributed by atoms with E-state index in [-0.39, 0.29) is 17.9 Å². The number of hydrogen-bond donors (Lipinski definition) is 3. The van der Waals surface area contributed by atoms with Crippen molar-refractivity contribution in [2.24, 2.45) is 0 Å². The molecule has 1 rings (SSSR count). The minimum atomic E-state index is -0.801. The van der Waals surface area contributed by atoms with E-state index in [9.17, 15) is 9.59 Å². The Morgan fingerprint density at radius 3 is 2.65 bits per heavy atom. The van der Waals surface area contributed by atoms with Crippen molar-refractivity contribution >= 4 is 11.9 Å². The molecule has 6 nitrogen and oxygen atoms in total. The third kappa shape index (κ3) is 4.70. The molecule has 0 bridgehead atoms. The van der Waals surface area contributed by atoms with E-state index in [1.807, 2.05) is 0 Å². The van der Waals surface area contributed by atoms with Crippen molar-refractivity contribution in [3.05, 3.63) is 0 Å². The molecular formula is C11H20N2O4. The molecule has 3 N–H and O–H groups in total. The van der Waals surface area contributed by atoms with Crippen LogP contribution in [0.1, 0.15) is 26.2 Å². The topological polar surface area (TPSA) is 87.7 Å². The summed E-state index contributed by atoms with van der Waals surface area (Å²) in [6, 6.07) is 0. The van der Waals surface area contributed by atoms with Gasteiger partial charge < -0.3 is 20.5 Å². The molecule has 1 aliphatic heterocycles. The van der Waals surface area contributed by atoms with Crippen LogP contribution in [0.2, 0.25) is 0 Å². The highest BCUT2D eigenvalue weighted by Crippen LogP contribution is 2.15. The molecule has 1 heterocycles. The first-order chi connectivity index (χ1) is 8.08. The van der Waals surface area contributed by atoms with Gasteiger partial charge >= 0.3 is 11.9 Å². The number of carbonyl (C=O) groups is 2. The second-order valence-corrected chi connectivity index (χ2v) is 4.29. The predicted octanol–water partition coefficient (Wildman–Crippen LogP) is -0.264. The Morgan fingerprint density at radius 2 is 2.18 bits per heavy atom. The quantitative estimate of drug-likeness (QED) is 0.402. The van der Waals surface area contributed by atoms with Crippen LogP contribution in [0.25, 0.3) is 0 Å². The molecule has 1 aliphatic rings. The number of hydrogen-bond acceptors (Lipinski definition) is 5. The summed E-state index contributed by atoms with van der Waals surface area (Å²) in [6.45, 7) is 4.14. The second-order valence-electron chi connectivity index (χ2n) is 4.29. The summed E-state index contributed by atoms with van der Waals surface area (Å²) in [4.78, 5) is 21.8. The first kappa shape index (κ1) is 13.9. The fourth-order valence-electron chi connectivity index (χ4n) is 1.85. The highest BCUT2D eigenvalue weighted by Gasteiger charge is 2.38. The van der Waals surface area contributed by atoms with Gasteiger partial charge in [-0.2, -0.15) is 0 Å². The van der Waals surface area contributed by atoms with Crippen LogP contribution >= 0.6 is 0 Å². The molecule has 1 fully saturated rings. The second kappa shape index (κ2) is 6.56. The van der Waals surface area contributed by atoms with Crippen molar-refractivity contribution in [3.63, 3.8) is 0 Å². The molecule has 1 saturated heterocycles. The Hall–Kier alpha value is -1.14. The van der Waals surface area contributed by atoms with Gasteiger partial charge in [0, 0.05) is 19.5 Å². The molecule has 0 unspecified atom stereocenters. The molecule has 0 atom stereocenters. The molecule has 0 aromatic carbocycles. The van der Waals surface area contributed by atoms with E-state index in [0.717, 1.165) is 0 Å². The third-order valence-corrected chi connectivity index (χ3v) is 2.78. The van der Waals surface area contributed by atoms with Crippen molar-refractivity contribution in [1.29, 1.82) is 0 Å². The largest absolute Gasteiger partial charge is 0.481 e. The van der Waals surface area contributed by atoms with Crippen molar-refractivity contribution in [1.82, 2.24) is 10.6 Å². The summed E-state index contributed by atoms with van der Waals surface area (Å²) in [7, 11) is 0. The number of esters is 1. The van der Waals surface area contributed by atoms with E-state index in [2.05, 4.69) is 10.6 Å². The first-order valence-electron chi connectivity index (χ1n) is 5.91. The van der Waals surface area contributed by atoms with Gasteiger partial charge in [0.25, 0.3) is 0 Å². The third-order valence-electron chi connectivity index (χ3n) is 2.78. The lowest BCUT2D eigenvalue weighted by atomic mass is 9.88. The van der Waals surface area contributed by atoms with E-state index >= 15 is 0 Å². The van der Waals surface area contributed by atoms with Crippen LogP contribution < -0.4 is 10.6 Å². The fraction of sp³-hybridized carbons (Fsp3) is 0.818. The Balaban J connectivity index is 2.16. The summed E-state index contributed by atoms with van der Waals surface area (Å²) < 4.78 is 4.81. The van der Waals surface area contributed by atoms with E-state index in [1.165, 1.54) is 0 Å². The lowest BCUT2D eigenvalue weighted by Gasteiger charge is -2.42. The summed E-state index contributed by atoms with van der Waals surface area (Å²) >= 11 is 0. The van der Waals surface area contributed by atoms with Gasteiger partial charge in [0.15, 0.2) is 0 Å². The van der Waals surface area contributed by atoms with Gasteiger partial charge in [0.05, 0.1) is 18.6 Å². The maximum Gasteiger partial charge on any atom is 0.305 e. The van der Waals surface area contributed by atoms with Crippen LogP contribution in [0, 0.1) is 0 Å². The number of carboxylic acids is 1. The lowest BCUT2D eigenvalue weighted by Crippen LogP contribution is -2.68. The summed E-state index contributed by atoms with van der Waals surface area (Å²) in [5, 5.41) is 15.1. The SMILES string of the molecule is CCOC(=O)CCCNC1(CC(=O)O)CNC1. The maximum atomic E-state index is 11.1. The van der Waals surface area contributed by atoms with Gasteiger partial charge in [-0.3, -0.25) is 9.59 Å². The molecule has 98 valence electrons. The monoisotopic (exact) mass is 244 g/mol. The van der Waals surface area contributed by atoms with Crippen LogP contribution in [0.5, 0.6) is 0 Å².